The third kappa shape index (κ3) is 5.26. The zero-order chi connectivity index (χ0) is 23.4. The fourth-order valence-electron chi connectivity index (χ4n) is 3.63. The highest BCUT2D eigenvalue weighted by molar-refractivity contribution is 7.98. The first-order valence-electron chi connectivity index (χ1n) is 10.4. The fourth-order valence-corrected chi connectivity index (χ4v) is 4.95. The maximum absolute atomic E-state index is 12.6. The summed E-state index contributed by atoms with van der Waals surface area (Å²) in [6.07, 6.45) is 2.10. The van der Waals surface area contributed by atoms with Crippen molar-refractivity contribution in [2.45, 2.75) is 24.8 Å². The zero-order valence-corrected chi connectivity index (χ0v) is 19.9. The van der Waals surface area contributed by atoms with Gasteiger partial charge in [-0.3, -0.25) is 19.3 Å². The van der Waals surface area contributed by atoms with Crippen molar-refractivity contribution in [3.63, 3.8) is 0 Å². The van der Waals surface area contributed by atoms with E-state index in [0.29, 0.717) is 17.4 Å². The number of rotatable bonds is 7. The Morgan fingerprint density at radius 3 is 2.73 bits per heavy atom. The van der Waals surface area contributed by atoms with Crippen molar-refractivity contribution >= 4 is 57.4 Å². The Morgan fingerprint density at radius 2 is 2.00 bits per heavy atom. The molecule has 9 heteroatoms. The molecule has 0 aliphatic carbocycles. The van der Waals surface area contributed by atoms with Crippen LogP contribution in [0.4, 0.5) is 16.5 Å². The summed E-state index contributed by atoms with van der Waals surface area (Å²) in [5.41, 5.74) is 2.06. The molecule has 1 aromatic heterocycles. The highest BCUT2D eigenvalue weighted by atomic mass is 32.2. The third-order valence-electron chi connectivity index (χ3n) is 5.25. The van der Waals surface area contributed by atoms with Crippen molar-refractivity contribution in [2.24, 2.45) is 5.92 Å². The first kappa shape index (κ1) is 23.0. The number of esters is 1. The van der Waals surface area contributed by atoms with Gasteiger partial charge in [-0.05, 0) is 36.6 Å². The predicted octanol–water partition coefficient (Wildman–Crippen LogP) is 4.65. The summed E-state index contributed by atoms with van der Waals surface area (Å²) < 4.78 is 5.47. The lowest BCUT2D eigenvalue weighted by Gasteiger charge is -2.17. The maximum atomic E-state index is 12.6. The normalized spacial score (nSPS) is 15.5. The Balaban J connectivity index is 1.38. The summed E-state index contributed by atoms with van der Waals surface area (Å²) in [7, 11) is 0. The lowest BCUT2D eigenvalue weighted by Crippen LogP contribution is -2.26. The first-order chi connectivity index (χ1) is 16.0. The zero-order valence-electron chi connectivity index (χ0n) is 18.3. The van der Waals surface area contributed by atoms with Crippen LogP contribution in [-0.2, 0) is 25.7 Å². The molecule has 33 heavy (non-hydrogen) atoms. The number of carbonyl (C=O) groups is 3. The third-order valence-corrected chi connectivity index (χ3v) is 6.85. The van der Waals surface area contributed by atoms with E-state index in [2.05, 4.69) is 4.98 Å². The van der Waals surface area contributed by atoms with Crippen molar-refractivity contribution in [3.05, 3.63) is 65.7 Å². The Morgan fingerprint density at radius 1 is 1.21 bits per heavy atom. The molecule has 2 amide bonds. The minimum Gasteiger partial charge on any atom is -0.459 e. The molecule has 1 unspecified atom stereocenters. The van der Waals surface area contributed by atoms with Gasteiger partial charge in [-0.1, -0.05) is 24.3 Å². The minimum absolute atomic E-state index is 0.0114. The number of aromatic nitrogens is 1. The van der Waals surface area contributed by atoms with Crippen LogP contribution in [-0.4, -0.2) is 35.6 Å². The van der Waals surface area contributed by atoms with Gasteiger partial charge in [0, 0.05) is 35.9 Å². The number of ether oxygens (including phenoxy) is 1. The van der Waals surface area contributed by atoms with E-state index in [-0.39, 0.29) is 24.8 Å². The van der Waals surface area contributed by atoms with Gasteiger partial charge >= 0.3 is 5.97 Å². The lowest BCUT2D eigenvalue weighted by atomic mass is 10.1. The molecule has 0 N–H and O–H groups in total. The molecule has 1 aliphatic rings. The predicted molar refractivity (Wildman–Crippen MR) is 130 cm³/mol. The molecular weight excluding hydrogens is 458 g/mol. The standard InChI is InChI=1S/C24H23N3O4S2/c1-16(28)27(19-7-4-3-5-8-19)24-25-18(15-33-24)14-31-23(30)17-11-22(29)26(13-17)20-9-6-10-21(12-20)32-2/h3-10,12,15,17H,11,13-14H2,1-2H3. The Bertz CT molecular complexity index is 1170. The van der Waals surface area contributed by atoms with Crippen LogP contribution in [0.1, 0.15) is 19.0 Å². The second kappa shape index (κ2) is 10.2. The maximum Gasteiger partial charge on any atom is 0.311 e. The molecule has 2 heterocycles. The van der Waals surface area contributed by atoms with Crippen molar-refractivity contribution in [1.82, 2.24) is 4.98 Å². The number of carbonyl (C=O) groups excluding carboxylic acids is 3. The van der Waals surface area contributed by atoms with Crippen LogP contribution in [0.5, 0.6) is 0 Å². The minimum atomic E-state index is -0.522. The second-order valence-corrected chi connectivity index (χ2v) is 9.24. The van der Waals surface area contributed by atoms with E-state index in [1.54, 1.807) is 22.0 Å². The van der Waals surface area contributed by atoms with E-state index in [0.717, 1.165) is 16.3 Å². The van der Waals surface area contributed by atoms with E-state index in [1.807, 2.05) is 60.9 Å². The highest BCUT2D eigenvalue weighted by Gasteiger charge is 2.36. The number of thioether (sulfide) groups is 1. The van der Waals surface area contributed by atoms with Gasteiger partial charge < -0.3 is 9.64 Å². The van der Waals surface area contributed by atoms with Crippen LogP contribution < -0.4 is 9.80 Å². The molecule has 0 radical (unpaired) electrons. The van der Waals surface area contributed by atoms with Crippen LogP contribution in [0.2, 0.25) is 0 Å². The van der Waals surface area contributed by atoms with Crippen LogP contribution in [0.3, 0.4) is 0 Å². The summed E-state index contributed by atoms with van der Waals surface area (Å²) in [5.74, 6) is -1.19. The molecule has 4 rings (SSSR count). The van der Waals surface area contributed by atoms with E-state index < -0.39 is 11.9 Å². The van der Waals surface area contributed by atoms with Gasteiger partial charge in [-0.25, -0.2) is 4.98 Å². The molecule has 7 nitrogen and oxygen atoms in total. The molecule has 1 fully saturated rings. The fraction of sp³-hybridized carbons (Fsp3) is 0.250. The molecule has 3 aromatic rings. The number of hydrogen-bond acceptors (Lipinski definition) is 7. The van der Waals surface area contributed by atoms with E-state index >= 15 is 0 Å². The molecule has 170 valence electrons. The van der Waals surface area contributed by atoms with Gasteiger partial charge in [0.2, 0.25) is 11.8 Å². The van der Waals surface area contributed by atoms with Gasteiger partial charge in [0.25, 0.3) is 0 Å². The van der Waals surface area contributed by atoms with Crippen LogP contribution in [0.15, 0.2) is 64.9 Å². The highest BCUT2D eigenvalue weighted by Crippen LogP contribution is 2.30. The number of benzene rings is 2. The van der Waals surface area contributed by atoms with Crippen molar-refractivity contribution in [2.75, 3.05) is 22.6 Å². The quantitative estimate of drug-likeness (QED) is 0.361. The summed E-state index contributed by atoms with van der Waals surface area (Å²) in [6.45, 7) is 1.76. The molecule has 2 aromatic carbocycles. The average molecular weight is 482 g/mol. The monoisotopic (exact) mass is 481 g/mol. The van der Waals surface area contributed by atoms with Gasteiger partial charge in [0.15, 0.2) is 5.13 Å². The van der Waals surface area contributed by atoms with E-state index in [1.165, 1.54) is 23.2 Å². The number of anilines is 3. The van der Waals surface area contributed by atoms with Crippen molar-refractivity contribution in [1.29, 1.82) is 0 Å². The van der Waals surface area contributed by atoms with E-state index in [4.69, 9.17) is 4.74 Å². The van der Waals surface area contributed by atoms with Gasteiger partial charge in [0.1, 0.15) is 6.61 Å². The molecule has 0 saturated carbocycles. The largest absolute Gasteiger partial charge is 0.459 e. The number of amides is 2. The van der Waals surface area contributed by atoms with Crippen LogP contribution in [0.25, 0.3) is 0 Å². The molecular formula is C24H23N3O4S2. The molecule has 0 spiro atoms. The average Bonchev–Trinajstić information content (AvgIpc) is 3.45. The molecule has 1 atom stereocenters. The molecule has 0 bridgehead atoms. The Hall–Kier alpha value is -3.17. The van der Waals surface area contributed by atoms with Crippen LogP contribution in [0, 0.1) is 5.92 Å². The van der Waals surface area contributed by atoms with Crippen molar-refractivity contribution < 1.29 is 19.1 Å². The summed E-state index contributed by atoms with van der Waals surface area (Å²) >= 11 is 2.90. The number of hydrogen-bond donors (Lipinski definition) is 0. The van der Waals surface area contributed by atoms with Gasteiger partial charge in [-0.2, -0.15) is 0 Å². The Labute approximate surface area is 200 Å². The van der Waals surface area contributed by atoms with E-state index in [9.17, 15) is 14.4 Å². The summed E-state index contributed by atoms with van der Waals surface area (Å²) in [6, 6.07) is 16.9. The SMILES string of the molecule is CSc1cccc(N2CC(C(=O)OCc3csc(N(C(C)=O)c4ccccc4)n3)CC2=O)c1. The molecule has 1 saturated heterocycles. The number of para-hydroxylation sites is 1. The summed E-state index contributed by atoms with van der Waals surface area (Å²) in [5, 5.41) is 2.28. The smallest absolute Gasteiger partial charge is 0.311 e. The topological polar surface area (TPSA) is 79.8 Å². The van der Waals surface area contributed by atoms with Gasteiger partial charge in [0.05, 0.1) is 17.3 Å². The Kier molecular flexibility index (Phi) is 7.10. The first-order valence-corrected chi connectivity index (χ1v) is 12.5. The summed E-state index contributed by atoms with van der Waals surface area (Å²) in [4.78, 5) is 46.0. The number of thiazole rings is 1. The van der Waals surface area contributed by atoms with Gasteiger partial charge in [-0.15, -0.1) is 23.1 Å². The molecule has 1 aliphatic heterocycles. The van der Waals surface area contributed by atoms with Crippen LogP contribution >= 0.6 is 23.1 Å². The van der Waals surface area contributed by atoms with Crippen molar-refractivity contribution in [3.8, 4) is 0 Å². The second-order valence-electron chi connectivity index (χ2n) is 7.53. The number of nitrogens with zero attached hydrogens (tertiary/aromatic N) is 3. The lowest BCUT2D eigenvalue weighted by molar-refractivity contribution is -0.149.